The highest BCUT2D eigenvalue weighted by Gasteiger charge is 2.34. The van der Waals surface area contributed by atoms with Crippen molar-refractivity contribution in [3.05, 3.63) is 42.5 Å². The van der Waals surface area contributed by atoms with Gasteiger partial charge in [-0.1, -0.05) is 0 Å². The first-order valence-corrected chi connectivity index (χ1v) is 10.4. The summed E-state index contributed by atoms with van der Waals surface area (Å²) in [5, 5.41) is 10.5. The van der Waals surface area contributed by atoms with Gasteiger partial charge in [0.15, 0.2) is 5.65 Å². The van der Waals surface area contributed by atoms with Crippen molar-refractivity contribution in [1.29, 1.82) is 0 Å². The van der Waals surface area contributed by atoms with E-state index in [4.69, 9.17) is 0 Å². The van der Waals surface area contributed by atoms with E-state index in [1.54, 1.807) is 35.2 Å². The number of rotatable bonds is 6. The van der Waals surface area contributed by atoms with Crippen LogP contribution in [0.4, 0.5) is 26.0 Å². The monoisotopic (exact) mass is 427 g/mol. The first kappa shape index (κ1) is 19.7. The number of amides is 1. The van der Waals surface area contributed by atoms with Gasteiger partial charge in [-0.15, -0.1) is 0 Å². The third-order valence-corrected chi connectivity index (χ3v) is 5.80. The molecule has 2 N–H and O–H groups in total. The van der Waals surface area contributed by atoms with Crippen LogP contribution in [0.25, 0.3) is 5.65 Å². The molecular weight excluding hydrogens is 404 g/mol. The average molecular weight is 427 g/mol. The number of nitrogens with zero attached hydrogens (tertiary/aromatic N) is 5. The molecule has 31 heavy (non-hydrogen) atoms. The van der Waals surface area contributed by atoms with Gasteiger partial charge < -0.3 is 15.5 Å². The molecule has 3 aromatic rings. The minimum Gasteiger partial charge on any atom is -0.369 e. The van der Waals surface area contributed by atoms with Gasteiger partial charge in [0.05, 0.1) is 29.3 Å². The lowest BCUT2D eigenvalue weighted by molar-refractivity contribution is -0.0220. The van der Waals surface area contributed by atoms with Crippen LogP contribution < -0.4 is 15.5 Å². The predicted octanol–water partition coefficient (Wildman–Crippen LogP) is 3.43. The van der Waals surface area contributed by atoms with Gasteiger partial charge in [0.2, 0.25) is 0 Å². The second-order valence-electron chi connectivity index (χ2n) is 8.14. The smallest absolute Gasteiger partial charge is 0.259 e. The fourth-order valence-electron chi connectivity index (χ4n) is 3.79. The van der Waals surface area contributed by atoms with E-state index in [1.807, 2.05) is 4.90 Å². The van der Waals surface area contributed by atoms with E-state index in [2.05, 4.69) is 25.7 Å². The number of piperidine rings is 1. The van der Waals surface area contributed by atoms with Crippen molar-refractivity contribution in [3.63, 3.8) is 0 Å². The molecule has 162 valence electrons. The summed E-state index contributed by atoms with van der Waals surface area (Å²) in [5.74, 6) is -1.56. The van der Waals surface area contributed by atoms with Crippen LogP contribution in [0, 0.1) is 5.92 Å². The van der Waals surface area contributed by atoms with Crippen molar-refractivity contribution in [1.82, 2.24) is 19.6 Å². The lowest BCUT2D eigenvalue weighted by Gasteiger charge is -2.34. The van der Waals surface area contributed by atoms with Crippen LogP contribution in [0.5, 0.6) is 0 Å². The summed E-state index contributed by atoms with van der Waals surface area (Å²) >= 11 is 0. The summed E-state index contributed by atoms with van der Waals surface area (Å²) in [7, 11) is 0. The number of hydrogen-bond acceptors (Lipinski definition) is 6. The number of carbonyl (C=O) groups is 1. The number of nitrogens with one attached hydrogen (secondary N) is 2. The van der Waals surface area contributed by atoms with E-state index in [0.717, 1.165) is 12.4 Å². The molecular formula is C21H23F2N7O. The lowest BCUT2D eigenvalue weighted by atomic mass is 10.1. The summed E-state index contributed by atoms with van der Waals surface area (Å²) in [6.45, 7) is 1.30. The van der Waals surface area contributed by atoms with E-state index in [0.29, 0.717) is 28.5 Å². The highest BCUT2D eigenvalue weighted by molar-refractivity contribution is 6.09. The molecule has 0 aromatic carbocycles. The number of alkyl halides is 2. The predicted molar refractivity (Wildman–Crippen MR) is 113 cm³/mol. The third-order valence-electron chi connectivity index (χ3n) is 5.80. The summed E-state index contributed by atoms with van der Waals surface area (Å²) < 4.78 is 28.7. The minimum atomic E-state index is -2.64. The van der Waals surface area contributed by atoms with Crippen molar-refractivity contribution < 1.29 is 13.6 Å². The molecule has 1 saturated heterocycles. The zero-order valence-corrected chi connectivity index (χ0v) is 16.9. The van der Waals surface area contributed by atoms with E-state index in [9.17, 15) is 13.6 Å². The molecule has 3 aromatic heterocycles. The lowest BCUT2D eigenvalue weighted by Crippen LogP contribution is -2.39. The maximum absolute atomic E-state index is 13.5. The molecule has 0 bridgehead atoms. The van der Waals surface area contributed by atoms with Gasteiger partial charge in [0.25, 0.3) is 11.8 Å². The molecule has 10 heteroatoms. The van der Waals surface area contributed by atoms with Gasteiger partial charge in [-0.3, -0.25) is 9.78 Å². The molecule has 8 nitrogen and oxygen atoms in total. The average Bonchev–Trinajstić information content (AvgIpc) is 3.50. The highest BCUT2D eigenvalue weighted by Crippen LogP contribution is 2.34. The molecule has 1 aliphatic heterocycles. The van der Waals surface area contributed by atoms with Gasteiger partial charge in [-0.05, 0) is 30.9 Å². The summed E-state index contributed by atoms with van der Waals surface area (Å²) in [6.07, 6.45) is 8.39. The topological polar surface area (TPSA) is 87.5 Å². The SMILES string of the molecule is O=C(Nc1cnccc1N1CCC(F)(F)CC1)c1ccnn2c(NCC3CC3)cnc12. The Morgan fingerprint density at radius 3 is 2.74 bits per heavy atom. The Hall–Kier alpha value is -3.30. The van der Waals surface area contributed by atoms with Crippen LogP contribution in [-0.2, 0) is 0 Å². The second-order valence-corrected chi connectivity index (χ2v) is 8.14. The molecule has 4 heterocycles. The van der Waals surface area contributed by atoms with Gasteiger partial charge in [-0.2, -0.15) is 9.61 Å². The fraction of sp³-hybridized carbons (Fsp3) is 0.429. The molecule has 0 unspecified atom stereocenters. The molecule has 1 amide bonds. The van der Waals surface area contributed by atoms with Crippen molar-refractivity contribution in [3.8, 4) is 0 Å². The van der Waals surface area contributed by atoms with Crippen LogP contribution in [0.2, 0.25) is 0 Å². The molecule has 2 aliphatic rings. The van der Waals surface area contributed by atoms with Gasteiger partial charge >= 0.3 is 0 Å². The van der Waals surface area contributed by atoms with E-state index < -0.39 is 5.92 Å². The van der Waals surface area contributed by atoms with Crippen molar-refractivity contribution in [2.45, 2.75) is 31.6 Å². The standard InChI is InChI=1S/C21H23F2N7O/c22-21(23)5-9-29(10-6-21)17-4-7-24-12-16(17)28-20(31)15-3-8-27-30-18(13-26-19(15)30)25-11-14-1-2-14/h3-4,7-8,12-14,25H,1-2,5-6,9-11H2,(H,28,31). The maximum Gasteiger partial charge on any atom is 0.259 e. The number of fused-ring (bicyclic) bond motifs is 1. The Bertz CT molecular complexity index is 1100. The maximum atomic E-state index is 13.5. The third kappa shape index (κ3) is 4.14. The van der Waals surface area contributed by atoms with E-state index in [-0.39, 0.29) is 31.8 Å². The molecule has 0 spiro atoms. The molecule has 5 rings (SSSR count). The van der Waals surface area contributed by atoms with Crippen LogP contribution in [-0.4, -0.2) is 51.0 Å². The number of hydrogen-bond donors (Lipinski definition) is 2. The molecule has 2 fully saturated rings. The zero-order valence-electron chi connectivity index (χ0n) is 16.9. The molecule has 0 radical (unpaired) electrons. The number of aromatic nitrogens is 4. The number of carbonyl (C=O) groups excluding carboxylic acids is 1. The summed E-state index contributed by atoms with van der Waals surface area (Å²) in [6, 6.07) is 3.34. The van der Waals surface area contributed by atoms with Crippen LogP contribution in [0.1, 0.15) is 36.0 Å². The first-order chi connectivity index (χ1) is 15.0. The quantitative estimate of drug-likeness (QED) is 0.627. The molecule has 1 aliphatic carbocycles. The number of pyridine rings is 1. The van der Waals surface area contributed by atoms with Gasteiger partial charge in [0.1, 0.15) is 5.82 Å². The van der Waals surface area contributed by atoms with Crippen LogP contribution in [0.15, 0.2) is 36.9 Å². The minimum absolute atomic E-state index is 0.210. The first-order valence-electron chi connectivity index (χ1n) is 10.4. The van der Waals surface area contributed by atoms with Crippen molar-refractivity contribution in [2.75, 3.05) is 35.2 Å². The Morgan fingerprint density at radius 1 is 1.16 bits per heavy atom. The zero-order chi connectivity index (χ0) is 21.4. The summed E-state index contributed by atoms with van der Waals surface area (Å²) in [4.78, 5) is 23.4. The highest BCUT2D eigenvalue weighted by atomic mass is 19.3. The number of imidazole rings is 1. The Balaban J connectivity index is 1.36. The fourth-order valence-corrected chi connectivity index (χ4v) is 3.79. The van der Waals surface area contributed by atoms with Gasteiger partial charge in [0, 0.05) is 44.9 Å². The summed E-state index contributed by atoms with van der Waals surface area (Å²) in [5.41, 5.74) is 1.97. The number of halogens is 2. The van der Waals surface area contributed by atoms with Crippen molar-refractivity contribution in [2.24, 2.45) is 5.92 Å². The largest absolute Gasteiger partial charge is 0.369 e. The molecule has 1 saturated carbocycles. The normalized spacial score (nSPS) is 18.2. The Kier molecular flexibility index (Phi) is 4.91. The van der Waals surface area contributed by atoms with E-state index in [1.165, 1.54) is 19.0 Å². The van der Waals surface area contributed by atoms with Crippen LogP contribution >= 0.6 is 0 Å². The van der Waals surface area contributed by atoms with Crippen LogP contribution in [0.3, 0.4) is 0 Å². The number of anilines is 3. The van der Waals surface area contributed by atoms with E-state index >= 15 is 0 Å². The molecule has 0 atom stereocenters. The van der Waals surface area contributed by atoms with Crippen molar-refractivity contribution >= 4 is 28.7 Å². The Labute approximate surface area is 177 Å². The second kappa shape index (κ2) is 7.75. The Morgan fingerprint density at radius 2 is 1.97 bits per heavy atom. The van der Waals surface area contributed by atoms with Gasteiger partial charge in [-0.25, -0.2) is 13.8 Å².